The van der Waals surface area contributed by atoms with E-state index in [4.69, 9.17) is 4.74 Å². The molecular formula is C15H20N2O2. The molecule has 1 heterocycles. The number of ether oxygens (including phenoxy) is 1. The van der Waals surface area contributed by atoms with Gasteiger partial charge in [0.25, 0.3) is 0 Å². The third-order valence-electron chi connectivity index (χ3n) is 3.19. The topological polar surface area (TPSA) is 50.4 Å². The Bertz CT molecular complexity index is 461. The molecule has 4 heteroatoms. The summed E-state index contributed by atoms with van der Waals surface area (Å²) in [6.45, 7) is 3.56. The average Bonchev–Trinajstić information content (AvgIpc) is 2.47. The number of carbonyl (C=O) groups excluding carboxylic acids is 1. The third-order valence-corrected chi connectivity index (χ3v) is 3.19. The fourth-order valence-electron chi connectivity index (χ4n) is 2.05. The summed E-state index contributed by atoms with van der Waals surface area (Å²) in [4.78, 5) is 11.8. The van der Waals surface area contributed by atoms with E-state index in [0.717, 1.165) is 43.7 Å². The Hall–Kier alpha value is -1.81. The maximum Gasteiger partial charge on any atom is 0.323 e. The largest absolute Gasteiger partial charge is 0.381 e. The van der Waals surface area contributed by atoms with Gasteiger partial charge in [0.05, 0.1) is 13.2 Å². The van der Waals surface area contributed by atoms with Crippen molar-refractivity contribution in [2.24, 2.45) is 0 Å². The summed E-state index contributed by atoms with van der Waals surface area (Å²) < 4.78 is 5.26. The number of para-hydroxylation sites is 1. The normalized spacial score (nSPS) is 14.9. The van der Waals surface area contributed by atoms with Gasteiger partial charge >= 0.3 is 6.03 Å². The van der Waals surface area contributed by atoms with Crippen LogP contribution in [0, 0.1) is 0 Å². The van der Waals surface area contributed by atoms with Crippen LogP contribution < -0.4 is 10.6 Å². The van der Waals surface area contributed by atoms with Crippen LogP contribution in [0.15, 0.2) is 36.0 Å². The zero-order chi connectivity index (χ0) is 13.5. The second-order valence-electron chi connectivity index (χ2n) is 4.52. The lowest BCUT2D eigenvalue weighted by Crippen LogP contribution is -2.25. The highest BCUT2D eigenvalue weighted by atomic mass is 16.5. The summed E-state index contributed by atoms with van der Waals surface area (Å²) in [6, 6.07) is 7.64. The molecule has 102 valence electrons. The highest BCUT2D eigenvalue weighted by molar-refractivity contribution is 5.90. The second kappa shape index (κ2) is 6.95. The van der Waals surface area contributed by atoms with Gasteiger partial charge in [0.1, 0.15) is 0 Å². The van der Waals surface area contributed by atoms with E-state index in [2.05, 4.69) is 17.6 Å². The van der Waals surface area contributed by atoms with Crippen molar-refractivity contribution in [1.82, 2.24) is 5.32 Å². The van der Waals surface area contributed by atoms with E-state index in [1.807, 2.05) is 24.3 Å². The SMILES string of the molecule is CCc1ccccc1NC(=O)NC=C1CCOCC1. The van der Waals surface area contributed by atoms with Crippen molar-refractivity contribution < 1.29 is 9.53 Å². The Balaban J connectivity index is 1.90. The molecule has 4 nitrogen and oxygen atoms in total. The summed E-state index contributed by atoms with van der Waals surface area (Å²) in [5, 5.41) is 5.66. The van der Waals surface area contributed by atoms with Crippen molar-refractivity contribution in [2.75, 3.05) is 18.5 Å². The molecule has 1 aliphatic rings. The molecule has 1 saturated heterocycles. The lowest BCUT2D eigenvalue weighted by Gasteiger charge is -2.15. The molecule has 1 fully saturated rings. The van der Waals surface area contributed by atoms with Crippen LogP contribution in [0.4, 0.5) is 10.5 Å². The minimum absolute atomic E-state index is 0.195. The number of nitrogens with one attached hydrogen (secondary N) is 2. The Kier molecular flexibility index (Phi) is 4.98. The first-order valence-corrected chi connectivity index (χ1v) is 6.70. The number of rotatable bonds is 3. The van der Waals surface area contributed by atoms with Gasteiger partial charge in [-0.3, -0.25) is 0 Å². The Labute approximate surface area is 113 Å². The van der Waals surface area contributed by atoms with Crippen LogP contribution in [0.5, 0.6) is 0 Å². The van der Waals surface area contributed by atoms with Crippen LogP contribution >= 0.6 is 0 Å². The van der Waals surface area contributed by atoms with Crippen molar-refractivity contribution in [2.45, 2.75) is 26.2 Å². The lowest BCUT2D eigenvalue weighted by molar-refractivity contribution is 0.119. The lowest BCUT2D eigenvalue weighted by atomic mass is 10.1. The van der Waals surface area contributed by atoms with Gasteiger partial charge in [0.2, 0.25) is 0 Å². The number of urea groups is 1. The minimum Gasteiger partial charge on any atom is -0.381 e. The summed E-state index contributed by atoms with van der Waals surface area (Å²) in [7, 11) is 0. The highest BCUT2D eigenvalue weighted by Crippen LogP contribution is 2.15. The van der Waals surface area contributed by atoms with Crippen molar-refractivity contribution in [3.63, 3.8) is 0 Å². The van der Waals surface area contributed by atoms with E-state index in [0.29, 0.717) is 0 Å². The maximum atomic E-state index is 11.8. The molecule has 0 radical (unpaired) electrons. The van der Waals surface area contributed by atoms with E-state index < -0.39 is 0 Å². The van der Waals surface area contributed by atoms with Gasteiger partial charge in [0.15, 0.2) is 0 Å². The number of benzene rings is 1. The van der Waals surface area contributed by atoms with Gasteiger partial charge < -0.3 is 15.4 Å². The summed E-state index contributed by atoms with van der Waals surface area (Å²) >= 11 is 0. The maximum absolute atomic E-state index is 11.8. The Morgan fingerprint density at radius 3 is 2.79 bits per heavy atom. The van der Waals surface area contributed by atoms with Crippen molar-refractivity contribution in [1.29, 1.82) is 0 Å². The Morgan fingerprint density at radius 2 is 2.05 bits per heavy atom. The van der Waals surface area contributed by atoms with Crippen molar-refractivity contribution >= 4 is 11.7 Å². The van der Waals surface area contributed by atoms with Crippen LogP contribution in [0.3, 0.4) is 0 Å². The van der Waals surface area contributed by atoms with Crippen molar-refractivity contribution in [3.05, 3.63) is 41.6 Å². The number of carbonyl (C=O) groups is 1. The molecular weight excluding hydrogens is 240 g/mol. The molecule has 0 bridgehead atoms. The van der Waals surface area contributed by atoms with Gasteiger partial charge in [-0.2, -0.15) is 0 Å². The quantitative estimate of drug-likeness (QED) is 0.877. The molecule has 1 aromatic rings. The monoisotopic (exact) mass is 260 g/mol. The van der Waals surface area contributed by atoms with Gasteiger partial charge in [-0.05, 0) is 36.5 Å². The number of amides is 2. The average molecular weight is 260 g/mol. The molecule has 0 saturated carbocycles. The molecule has 0 aromatic heterocycles. The first-order chi connectivity index (χ1) is 9.29. The number of aryl methyl sites for hydroxylation is 1. The van der Waals surface area contributed by atoms with Gasteiger partial charge in [-0.1, -0.05) is 25.1 Å². The fourth-order valence-corrected chi connectivity index (χ4v) is 2.05. The number of hydrogen-bond acceptors (Lipinski definition) is 2. The molecule has 2 rings (SSSR count). The molecule has 0 aliphatic carbocycles. The second-order valence-corrected chi connectivity index (χ2v) is 4.52. The fraction of sp³-hybridized carbons (Fsp3) is 0.400. The van der Waals surface area contributed by atoms with E-state index in [1.54, 1.807) is 6.20 Å². The molecule has 1 aromatic carbocycles. The van der Waals surface area contributed by atoms with Crippen LogP contribution in [0.2, 0.25) is 0 Å². The van der Waals surface area contributed by atoms with E-state index in [-0.39, 0.29) is 6.03 Å². The molecule has 0 spiro atoms. The number of anilines is 1. The molecule has 2 amide bonds. The molecule has 1 aliphatic heterocycles. The van der Waals surface area contributed by atoms with Gasteiger partial charge in [-0.25, -0.2) is 4.79 Å². The summed E-state index contributed by atoms with van der Waals surface area (Å²) in [6.07, 6.45) is 4.49. The van der Waals surface area contributed by atoms with E-state index in [9.17, 15) is 4.79 Å². The molecule has 2 N–H and O–H groups in total. The van der Waals surface area contributed by atoms with Crippen LogP contribution in [-0.4, -0.2) is 19.2 Å². The summed E-state index contributed by atoms with van der Waals surface area (Å²) in [5.41, 5.74) is 3.23. The van der Waals surface area contributed by atoms with Crippen LogP contribution in [0.1, 0.15) is 25.3 Å². The summed E-state index contributed by atoms with van der Waals surface area (Å²) in [5.74, 6) is 0. The van der Waals surface area contributed by atoms with Crippen LogP contribution in [-0.2, 0) is 11.2 Å². The predicted molar refractivity (Wildman–Crippen MR) is 76.1 cm³/mol. The first kappa shape index (κ1) is 13.6. The predicted octanol–water partition coefficient (Wildman–Crippen LogP) is 3.06. The van der Waals surface area contributed by atoms with E-state index >= 15 is 0 Å². The molecule has 0 atom stereocenters. The van der Waals surface area contributed by atoms with E-state index in [1.165, 1.54) is 5.57 Å². The molecule has 19 heavy (non-hydrogen) atoms. The van der Waals surface area contributed by atoms with Crippen LogP contribution in [0.25, 0.3) is 0 Å². The zero-order valence-electron chi connectivity index (χ0n) is 11.2. The zero-order valence-corrected chi connectivity index (χ0v) is 11.2. The van der Waals surface area contributed by atoms with Gasteiger partial charge in [-0.15, -0.1) is 0 Å². The standard InChI is InChI=1S/C15H20N2O2/c1-2-13-5-3-4-6-14(13)17-15(18)16-11-12-7-9-19-10-8-12/h3-6,11H,2,7-10H2,1H3,(H2,16,17,18). The van der Waals surface area contributed by atoms with Gasteiger partial charge in [0, 0.05) is 11.9 Å². The van der Waals surface area contributed by atoms with Crippen molar-refractivity contribution in [3.8, 4) is 0 Å². The number of hydrogen-bond donors (Lipinski definition) is 2. The third kappa shape index (κ3) is 4.10. The first-order valence-electron chi connectivity index (χ1n) is 6.70. The Morgan fingerprint density at radius 1 is 1.32 bits per heavy atom. The smallest absolute Gasteiger partial charge is 0.323 e. The molecule has 0 unspecified atom stereocenters. The minimum atomic E-state index is -0.195. The highest BCUT2D eigenvalue weighted by Gasteiger charge is 2.07.